The summed E-state index contributed by atoms with van der Waals surface area (Å²) in [4.78, 5) is 7.98. The Bertz CT molecular complexity index is 2630. The van der Waals surface area contributed by atoms with Gasteiger partial charge in [-0.2, -0.15) is 0 Å². The first-order valence-corrected chi connectivity index (χ1v) is 17.9. The van der Waals surface area contributed by atoms with Crippen LogP contribution in [0.2, 0.25) is 0 Å². The Morgan fingerprint density at radius 1 is 0.720 bits per heavy atom. The maximum absolute atomic E-state index is 6.71. The molecule has 242 valence electrons. The molecule has 9 rings (SSSR count). The standard InChI is InChI=1S/C45H35N3OS/c1-29-38(47-43(30-14-5-3-6-15-30)36-19-9-11-20-39(36)46-2)21-13-22-40(29)48-41-27-24-32(50-31-16-7-4-8-17-31)28-37(41)34-25-26-35-33-18-10-12-23-42(33)49-45(35)44(34)48/h3-29,38,46H,1-2H3. The van der Waals surface area contributed by atoms with E-state index < -0.39 is 0 Å². The predicted octanol–water partition coefficient (Wildman–Crippen LogP) is 11.8. The van der Waals surface area contributed by atoms with E-state index in [0.717, 1.165) is 55.5 Å². The van der Waals surface area contributed by atoms with Crippen LogP contribution in [0, 0.1) is 5.92 Å². The molecule has 2 heterocycles. The summed E-state index contributed by atoms with van der Waals surface area (Å²) in [6.07, 6.45) is 6.66. The summed E-state index contributed by atoms with van der Waals surface area (Å²) in [5.41, 5.74) is 9.45. The first kappa shape index (κ1) is 30.3. The average Bonchev–Trinajstić information content (AvgIpc) is 3.71. The molecule has 4 nitrogen and oxygen atoms in total. The maximum atomic E-state index is 6.71. The number of hydrogen-bond acceptors (Lipinski definition) is 4. The van der Waals surface area contributed by atoms with Crippen LogP contribution in [0.5, 0.6) is 0 Å². The van der Waals surface area contributed by atoms with Crippen molar-refractivity contribution >= 4 is 72.6 Å². The Hall–Kier alpha value is -5.78. The van der Waals surface area contributed by atoms with Crippen LogP contribution in [0.1, 0.15) is 18.1 Å². The van der Waals surface area contributed by atoms with Crippen LogP contribution in [-0.2, 0) is 0 Å². The molecule has 0 saturated heterocycles. The second-order valence-electron chi connectivity index (χ2n) is 12.8. The minimum absolute atomic E-state index is 0.0669. The summed E-state index contributed by atoms with van der Waals surface area (Å²) < 4.78 is 9.15. The number of hydrogen-bond donors (Lipinski definition) is 1. The minimum Gasteiger partial charge on any atom is -0.454 e. The molecular formula is C45H35N3OS. The Balaban J connectivity index is 1.24. The SMILES string of the molecule is CNc1ccccc1C(=NC1C=CC=C(n2c3ccc(Sc4ccccc4)cc3c3ccc4c5ccccc5oc4c32)C1C)c1ccccc1. The van der Waals surface area contributed by atoms with Crippen molar-refractivity contribution in [3.8, 4) is 0 Å². The van der Waals surface area contributed by atoms with Crippen molar-refractivity contribution in [1.82, 2.24) is 4.57 Å². The number of furan rings is 1. The monoisotopic (exact) mass is 665 g/mol. The minimum atomic E-state index is -0.0922. The van der Waals surface area contributed by atoms with Crippen molar-refractivity contribution in [2.24, 2.45) is 10.9 Å². The van der Waals surface area contributed by atoms with Crippen molar-refractivity contribution in [3.63, 3.8) is 0 Å². The van der Waals surface area contributed by atoms with Gasteiger partial charge in [0.15, 0.2) is 5.58 Å². The highest BCUT2D eigenvalue weighted by atomic mass is 32.2. The van der Waals surface area contributed by atoms with Gasteiger partial charge < -0.3 is 14.3 Å². The van der Waals surface area contributed by atoms with Gasteiger partial charge in [-0.15, -0.1) is 0 Å². The number of anilines is 1. The molecule has 2 unspecified atom stereocenters. The van der Waals surface area contributed by atoms with Crippen LogP contribution in [0.25, 0.3) is 49.4 Å². The van der Waals surface area contributed by atoms with Gasteiger partial charge in [-0.1, -0.05) is 122 Å². The van der Waals surface area contributed by atoms with Gasteiger partial charge in [0, 0.05) is 66.8 Å². The number of aromatic nitrogens is 1. The maximum Gasteiger partial charge on any atom is 0.160 e. The van der Waals surface area contributed by atoms with Crippen LogP contribution in [0.15, 0.2) is 177 Å². The van der Waals surface area contributed by atoms with Crippen LogP contribution in [0.4, 0.5) is 5.69 Å². The molecule has 0 spiro atoms. The van der Waals surface area contributed by atoms with Gasteiger partial charge in [-0.3, -0.25) is 4.99 Å². The van der Waals surface area contributed by atoms with Crippen molar-refractivity contribution in [2.75, 3.05) is 12.4 Å². The number of allylic oxidation sites excluding steroid dienone is 2. The van der Waals surface area contributed by atoms with E-state index in [0.29, 0.717) is 0 Å². The third-order valence-corrected chi connectivity index (χ3v) is 10.8. The van der Waals surface area contributed by atoms with Gasteiger partial charge in [-0.05, 0) is 54.6 Å². The van der Waals surface area contributed by atoms with Gasteiger partial charge in [0.25, 0.3) is 0 Å². The van der Waals surface area contributed by atoms with Crippen LogP contribution in [-0.4, -0.2) is 23.4 Å². The normalized spacial score (nSPS) is 16.4. The Morgan fingerprint density at radius 3 is 2.30 bits per heavy atom. The smallest absolute Gasteiger partial charge is 0.160 e. The molecule has 2 aromatic heterocycles. The lowest BCUT2D eigenvalue weighted by molar-refractivity contribution is 0.623. The van der Waals surface area contributed by atoms with Gasteiger partial charge in [0.2, 0.25) is 0 Å². The molecule has 8 aromatic rings. The summed E-state index contributed by atoms with van der Waals surface area (Å²) >= 11 is 1.79. The van der Waals surface area contributed by atoms with Crippen LogP contribution < -0.4 is 5.32 Å². The number of rotatable bonds is 7. The fourth-order valence-corrected chi connectivity index (χ4v) is 8.24. The van der Waals surface area contributed by atoms with E-state index in [9.17, 15) is 0 Å². The van der Waals surface area contributed by atoms with E-state index in [1.807, 2.05) is 13.1 Å². The van der Waals surface area contributed by atoms with Crippen LogP contribution >= 0.6 is 11.8 Å². The molecule has 1 aliphatic rings. The lowest BCUT2D eigenvalue weighted by Crippen LogP contribution is -2.23. The molecule has 0 saturated carbocycles. The van der Waals surface area contributed by atoms with E-state index in [1.165, 1.54) is 26.3 Å². The van der Waals surface area contributed by atoms with Gasteiger partial charge in [0.1, 0.15) is 5.58 Å². The summed E-state index contributed by atoms with van der Waals surface area (Å²) in [5, 5.41) is 8.03. The van der Waals surface area contributed by atoms with E-state index in [1.54, 1.807) is 11.8 Å². The second-order valence-corrected chi connectivity index (χ2v) is 13.9. The molecule has 0 radical (unpaired) electrons. The predicted molar refractivity (Wildman–Crippen MR) is 212 cm³/mol. The zero-order chi connectivity index (χ0) is 33.6. The lowest BCUT2D eigenvalue weighted by atomic mass is 9.92. The highest BCUT2D eigenvalue weighted by Crippen LogP contribution is 2.44. The first-order valence-electron chi connectivity index (χ1n) is 17.1. The number of para-hydroxylation sites is 2. The summed E-state index contributed by atoms with van der Waals surface area (Å²) in [6.45, 7) is 2.30. The third kappa shape index (κ3) is 5.13. The van der Waals surface area contributed by atoms with Crippen molar-refractivity contribution in [1.29, 1.82) is 0 Å². The quantitative estimate of drug-likeness (QED) is 0.172. The van der Waals surface area contributed by atoms with Crippen LogP contribution in [0.3, 0.4) is 0 Å². The average molecular weight is 666 g/mol. The van der Waals surface area contributed by atoms with Crippen molar-refractivity contribution < 1.29 is 4.42 Å². The fraction of sp³-hybridized carbons (Fsp3) is 0.0889. The second kappa shape index (κ2) is 12.6. The van der Waals surface area contributed by atoms with Crippen molar-refractivity contribution in [3.05, 3.63) is 169 Å². The number of fused-ring (bicyclic) bond motifs is 7. The molecule has 1 aliphatic carbocycles. The largest absolute Gasteiger partial charge is 0.454 e. The molecule has 6 aromatic carbocycles. The molecule has 0 fully saturated rings. The Kier molecular flexibility index (Phi) is 7.63. The van der Waals surface area contributed by atoms with E-state index >= 15 is 0 Å². The molecule has 2 atom stereocenters. The number of benzene rings is 6. The highest BCUT2D eigenvalue weighted by Gasteiger charge is 2.28. The number of aliphatic imine (C=N–C) groups is 1. The van der Waals surface area contributed by atoms with E-state index in [-0.39, 0.29) is 12.0 Å². The first-order chi connectivity index (χ1) is 24.7. The van der Waals surface area contributed by atoms with E-state index in [4.69, 9.17) is 9.41 Å². The molecule has 50 heavy (non-hydrogen) atoms. The molecule has 5 heteroatoms. The molecular weight excluding hydrogens is 631 g/mol. The zero-order valence-electron chi connectivity index (χ0n) is 27.9. The van der Waals surface area contributed by atoms with Gasteiger partial charge >= 0.3 is 0 Å². The topological polar surface area (TPSA) is 42.5 Å². The Morgan fingerprint density at radius 2 is 1.46 bits per heavy atom. The Labute approximate surface area is 295 Å². The molecule has 0 amide bonds. The summed E-state index contributed by atoms with van der Waals surface area (Å²) in [5.74, 6) is 0.0669. The lowest BCUT2D eigenvalue weighted by Gasteiger charge is -2.27. The van der Waals surface area contributed by atoms with Crippen molar-refractivity contribution in [2.45, 2.75) is 22.8 Å². The molecule has 1 N–H and O–H groups in total. The highest BCUT2D eigenvalue weighted by molar-refractivity contribution is 7.99. The van der Waals surface area contributed by atoms with Gasteiger partial charge in [-0.25, -0.2) is 0 Å². The zero-order valence-corrected chi connectivity index (χ0v) is 28.7. The third-order valence-electron chi connectivity index (χ3n) is 9.81. The fourth-order valence-electron chi connectivity index (χ4n) is 7.36. The summed E-state index contributed by atoms with van der Waals surface area (Å²) in [7, 11) is 1.97. The molecule has 0 bridgehead atoms. The summed E-state index contributed by atoms with van der Waals surface area (Å²) in [6, 6.07) is 49.1. The van der Waals surface area contributed by atoms with Gasteiger partial charge in [0.05, 0.1) is 22.8 Å². The number of nitrogens with zero attached hydrogens (tertiary/aromatic N) is 2. The molecule has 0 aliphatic heterocycles. The number of nitrogens with one attached hydrogen (secondary N) is 1. The van der Waals surface area contributed by atoms with E-state index in [2.05, 4.69) is 168 Å².